The van der Waals surface area contributed by atoms with Crippen LogP contribution >= 0.6 is 0 Å². The number of esters is 1. The summed E-state index contributed by atoms with van der Waals surface area (Å²) in [6.45, 7) is 10.5. The normalized spacial score (nSPS) is 49.2. The fourth-order valence-electron chi connectivity index (χ4n) is 11.3. The molecule has 0 bridgehead atoms. The summed E-state index contributed by atoms with van der Waals surface area (Å²) in [5.74, 6) is -2.06. The number of ether oxygens (including phenoxy) is 3. The third-order valence-electron chi connectivity index (χ3n) is 13.5. The van der Waals surface area contributed by atoms with E-state index in [1.54, 1.807) is 0 Å². The van der Waals surface area contributed by atoms with E-state index in [1.165, 1.54) is 25.7 Å². The van der Waals surface area contributed by atoms with Crippen molar-refractivity contribution >= 4 is 17.9 Å². The van der Waals surface area contributed by atoms with Crippen molar-refractivity contribution in [1.82, 2.24) is 0 Å². The lowest BCUT2D eigenvalue weighted by molar-refractivity contribution is -0.273. The van der Waals surface area contributed by atoms with Gasteiger partial charge in [0.1, 0.15) is 12.0 Å². The summed E-state index contributed by atoms with van der Waals surface area (Å²) in [4.78, 5) is 35.2. The first-order valence-electron chi connectivity index (χ1n) is 16.4. The van der Waals surface area contributed by atoms with Gasteiger partial charge in [-0.3, -0.25) is 9.59 Å². The van der Waals surface area contributed by atoms with Crippen LogP contribution in [0.25, 0.3) is 0 Å². The third kappa shape index (κ3) is 4.71. The lowest BCUT2D eigenvalue weighted by Gasteiger charge is -2.61. The standard InChI is InChI=1S/C33H50O9/c1-17-7-12-33(40-16-17)18(2)27-25(42-33)15-24-21-6-5-19-13-20(8-10-31(19,3)23(21)9-11-32(24,27)4)41-26(34)14-22(29(36)37)28(35)30(38)39/h17-25,27-28,35H,5-16H2,1-4H3,(H,36,37)(H,38,39)/t17-,18+,19?,20+,21?,22?,23?,24?,25?,27?,28?,31+,32+,33-/m1/s1. The smallest absolute Gasteiger partial charge is 0.333 e. The van der Waals surface area contributed by atoms with Crippen LogP contribution < -0.4 is 0 Å². The molecule has 2 aliphatic heterocycles. The molecule has 6 aliphatic rings. The molecule has 42 heavy (non-hydrogen) atoms. The number of fused-ring (bicyclic) bond motifs is 7. The van der Waals surface area contributed by atoms with Gasteiger partial charge in [0.2, 0.25) is 0 Å². The molecule has 0 aromatic rings. The van der Waals surface area contributed by atoms with Gasteiger partial charge in [-0.05, 0) is 104 Å². The number of carbonyl (C=O) groups is 3. The molecule has 8 unspecified atom stereocenters. The van der Waals surface area contributed by atoms with Crippen molar-refractivity contribution in [2.45, 2.75) is 122 Å². The quantitative estimate of drug-likeness (QED) is 0.369. The van der Waals surface area contributed by atoms with Crippen molar-refractivity contribution < 1.29 is 43.9 Å². The van der Waals surface area contributed by atoms with Crippen LogP contribution in [0.4, 0.5) is 0 Å². The van der Waals surface area contributed by atoms with Crippen LogP contribution in [0.15, 0.2) is 0 Å². The number of hydrogen-bond acceptors (Lipinski definition) is 7. The van der Waals surface area contributed by atoms with Gasteiger partial charge in [-0.15, -0.1) is 0 Å². The minimum absolute atomic E-state index is 0.185. The minimum Gasteiger partial charge on any atom is -0.481 e. The number of aliphatic carboxylic acids is 2. The Balaban J connectivity index is 1.10. The summed E-state index contributed by atoms with van der Waals surface area (Å²) < 4.78 is 19.1. The summed E-state index contributed by atoms with van der Waals surface area (Å²) in [5.41, 5.74) is 0.461. The second kappa shape index (κ2) is 10.7. The third-order valence-corrected chi connectivity index (χ3v) is 13.5. The molecule has 3 N–H and O–H groups in total. The molecule has 236 valence electrons. The van der Waals surface area contributed by atoms with Gasteiger partial charge in [0.05, 0.1) is 19.1 Å². The van der Waals surface area contributed by atoms with Crippen molar-refractivity contribution in [2.75, 3.05) is 6.61 Å². The molecule has 9 nitrogen and oxygen atoms in total. The van der Waals surface area contributed by atoms with E-state index < -0.39 is 36.4 Å². The highest BCUT2D eigenvalue weighted by molar-refractivity contribution is 5.85. The van der Waals surface area contributed by atoms with Crippen LogP contribution in [0.2, 0.25) is 0 Å². The number of carbonyl (C=O) groups excluding carboxylic acids is 1. The van der Waals surface area contributed by atoms with Gasteiger partial charge in [0.25, 0.3) is 0 Å². The average Bonchev–Trinajstić information content (AvgIpc) is 3.38. The van der Waals surface area contributed by atoms with Gasteiger partial charge >= 0.3 is 17.9 Å². The van der Waals surface area contributed by atoms with Crippen LogP contribution in [-0.4, -0.2) is 63.9 Å². The zero-order valence-corrected chi connectivity index (χ0v) is 25.6. The zero-order valence-electron chi connectivity index (χ0n) is 25.6. The Morgan fingerprint density at radius 1 is 0.905 bits per heavy atom. The minimum atomic E-state index is -2.15. The van der Waals surface area contributed by atoms with E-state index in [2.05, 4.69) is 27.7 Å². The van der Waals surface area contributed by atoms with Crippen molar-refractivity contribution in [2.24, 2.45) is 58.2 Å². The largest absolute Gasteiger partial charge is 0.481 e. The van der Waals surface area contributed by atoms with Crippen LogP contribution in [0.5, 0.6) is 0 Å². The molecular formula is C33H50O9. The van der Waals surface area contributed by atoms with E-state index in [-0.39, 0.29) is 28.8 Å². The highest BCUT2D eigenvalue weighted by Crippen LogP contribution is 2.71. The average molecular weight is 591 g/mol. The second-order valence-electron chi connectivity index (χ2n) is 15.5. The fourth-order valence-corrected chi connectivity index (χ4v) is 11.3. The molecule has 0 amide bonds. The van der Waals surface area contributed by atoms with Crippen molar-refractivity contribution in [3.8, 4) is 0 Å². The number of hydrogen-bond donors (Lipinski definition) is 3. The number of carboxylic acids is 2. The summed E-state index contributed by atoms with van der Waals surface area (Å²) in [7, 11) is 0. The molecule has 0 radical (unpaired) electrons. The summed E-state index contributed by atoms with van der Waals surface area (Å²) >= 11 is 0. The van der Waals surface area contributed by atoms with Crippen molar-refractivity contribution in [1.29, 1.82) is 0 Å². The molecule has 0 aromatic heterocycles. The molecule has 14 atom stereocenters. The Labute approximate surface area is 249 Å². The van der Waals surface area contributed by atoms with E-state index in [9.17, 15) is 24.6 Å². The number of aliphatic hydroxyl groups is 1. The van der Waals surface area contributed by atoms with Gasteiger partial charge < -0.3 is 29.5 Å². The first-order valence-corrected chi connectivity index (χ1v) is 16.4. The Morgan fingerprint density at radius 2 is 1.64 bits per heavy atom. The lowest BCUT2D eigenvalue weighted by Crippen LogP contribution is -2.55. The van der Waals surface area contributed by atoms with Crippen LogP contribution in [-0.2, 0) is 28.6 Å². The summed E-state index contributed by atoms with van der Waals surface area (Å²) in [6.07, 6.45) is 7.71. The molecule has 9 heteroatoms. The van der Waals surface area contributed by atoms with E-state index >= 15 is 0 Å². The Bertz CT molecular complexity index is 1080. The topological polar surface area (TPSA) is 140 Å². The Kier molecular flexibility index (Phi) is 7.74. The summed E-state index contributed by atoms with van der Waals surface area (Å²) in [5, 5.41) is 28.1. The first kappa shape index (κ1) is 30.3. The number of rotatable bonds is 6. The molecule has 4 saturated carbocycles. The Morgan fingerprint density at radius 3 is 2.31 bits per heavy atom. The second-order valence-corrected chi connectivity index (χ2v) is 15.5. The van der Waals surface area contributed by atoms with E-state index in [1.807, 2.05) is 0 Å². The van der Waals surface area contributed by atoms with Crippen molar-refractivity contribution in [3.05, 3.63) is 0 Å². The van der Waals surface area contributed by atoms with Gasteiger partial charge in [0.15, 0.2) is 11.9 Å². The maximum atomic E-state index is 12.6. The Hall–Kier alpha value is -1.71. The van der Waals surface area contributed by atoms with Gasteiger partial charge in [-0.1, -0.05) is 27.7 Å². The lowest BCUT2D eigenvalue weighted by atomic mass is 9.44. The van der Waals surface area contributed by atoms with Gasteiger partial charge in [-0.25, -0.2) is 4.79 Å². The van der Waals surface area contributed by atoms with Crippen LogP contribution in [0.1, 0.15) is 98.3 Å². The SMILES string of the molecule is C[C@@H]1CC[C@@]2(OC1)OC1CC3C4CCC5C[C@@H](OC(=O)CC(C(=O)O)C(O)C(=O)O)CC[C@]5(C)C4CC[C@]3(C)C1[C@@H]2C. The molecule has 4 aliphatic carbocycles. The fraction of sp³-hybridized carbons (Fsp3) is 0.909. The predicted molar refractivity (Wildman–Crippen MR) is 151 cm³/mol. The molecule has 6 fully saturated rings. The monoisotopic (exact) mass is 590 g/mol. The zero-order chi connectivity index (χ0) is 30.2. The van der Waals surface area contributed by atoms with Crippen LogP contribution in [0.3, 0.4) is 0 Å². The highest BCUT2D eigenvalue weighted by atomic mass is 16.7. The van der Waals surface area contributed by atoms with Gasteiger partial charge in [-0.2, -0.15) is 0 Å². The molecule has 2 saturated heterocycles. The molecule has 1 spiro atoms. The molecule has 6 rings (SSSR count). The molecular weight excluding hydrogens is 540 g/mol. The van der Waals surface area contributed by atoms with Gasteiger partial charge in [0, 0.05) is 12.3 Å². The summed E-state index contributed by atoms with van der Waals surface area (Å²) in [6, 6.07) is 0. The van der Waals surface area contributed by atoms with Crippen molar-refractivity contribution in [3.63, 3.8) is 0 Å². The van der Waals surface area contributed by atoms with E-state index in [4.69, 9.17) is 19.3 Å². The highest BCUT2D eigenvalue weighted by Gasteiger charge is 2.69. The number of aliphatic hydroxyl groups excluding tert-OH is 1. The van der Waals surface area contributed by atoms with E-state index in [0.29, 0.717) is 41.4 Å². The molecule has 2 heterocycles. The molecule has 0 aromatic carbocycles. The first-order chi connectivity index (χ1) is 19.8. The van der Waals surface area contributed by atoms with E-state index in [0.717, 1.165) is 45.1 Å². The van der Waals surface area contributed by atoms with Crippen LogP contribution in [0, 0.1) is 58.2 Å². The maximum absolute atomic E-state index is 12.6. The maximum Gasteiger partial charge on any atom is 0.333 e. The number of carboxylic acid groups (broad SMARTS) is 2. The predicted octanol–water partition coefficient (Wildman–Crippen LogP) is 4.88.